The van der Waals surface area contributed by atoms with Crippen molar-refractivity contribution in [3.05, 3.63) is 153 Å². The normalized spacial score (nSPS) is 11.4. The van der Waals surface area contributed by atoms with Crippen LogP contribution in [-0.2, 0) is 0 Å². The molecule has 4 heterocycles. The van der Waals surface area contributed by atoms with E-state index in [2.05, 4.69) is 0 Å². The number of fused-ring (bicyclic) bond motifs is 5. The lowest BCUT2D eigenvalue weighted by molar-refractivity contribution is 0.359. The van der Waals surface area contributed by atoms with Crippen LogP contribution in [0.2, 0.25) is 20.1 Å². The van der Waals surface area contributed by atoms with Crippen LogP contribution >= 0.6 is 46.4 Å². The summed E-state index contributed by atoms with van der Waals surface area (Å²) in [5, 5.41) is 32.0. The third-order valence-electron chi connectivity index (χ3n) is 8.64. The van der Waals surface area contributed by atoms with Gasteiger partial charge in [-0.25, -0.2) is 14.4 Å². The Morgan fingerprint density at radius 3 is 1.40 bits per heavy atom. The predicted octanol–water partition coefficient (Wildman–Crippen LogP) is 11.7. The molecule has 0 aliphatic carbocycles. The number of aromatic hydroxyl groups is 3. The molecule has 0 spiro atoms. The van der Waals surface area contributed by atoms with Crippen LogP contribution < -0.4 is 31.1 Å². The van der Waals surface area contributed by atoms with Crippen molar-refractivity contribution in [3.63, 3.8) is 0 Å². The molecule has 12 nitrogen and oxygen atoms in total. The summed E-state index contributed by atoms with van der Waals surface area (Å²) in [6.07, 6.45) is 0. The van der Waals surface area contributed by atoms with E-state index in [1.807, 2.05) is 6.92 Å². The summed E-state index contributed by atoms with van der Waals surface area (Å²) in [7, 11) is 0. The molecule has 0 saturated carbocycles. The number of phenolic OH excluding ortho intramolecular Hbond substituents is 3. The molecule has 0 bridgehead atoms. The third-order valence-corrected chi connectivity index (χ3v) is 10.1. The van der Waals surface area contributed by atoms with Crippen molar-refractivity contribution < 1.29 is 42.8 Å². The lowest BCUT2D eigenvalue weighted by Crippen LogP contribution is -2.02. The van der Waals surface area contributed by atoms with E-state index in [-0.39, 0.29) is 28.6 Å². The smallest absolute Gasteiger partial charge is 0.336 e. The molecule has 294 valence electrons. The van der Waals surface area contributed by atoms with Gasteiger partial charge >= 0.3 is 16.9 Å². The van der Waals surface area contributed by atoms with Gasteiger partial charge in [-0.2, -0.15) is 0 Å². The van der Waals surface area contributed by atoms with Gasteiger partial charge in [0.1, 0.15) is 22.5 Å². The van der Waals surface area contributed by atoms with Crippen LogP contribution in [0.3, 0.4) is 0 Å². The van der Waals surface area contributed by atoms with E-state index in [0.29, 0.717) is 81.9 Å². The fraction of sp³-hybridized carbons (Fsp3) is 0.0714. The van der Waals surface area contributed by atoms with Crippen LogP contribution in [0, 0.1) is 20.8 Å². The summed E-state index contributed by atoms with van der Waals surface area (Å²) in [6, 6.07) is 21.0. The standard InChI is InChI=1S/C16H8Cl2O4.C16H10Cl2O4.C10H8O4/c1-7-2-16(19)22-11-6-15-12(3-8(7)11)20-13-4-9(17)10(18)5-14(13)21-15;1-8-4-16(20)22-14-7-15(13(19)6-10(8)14)21-9-2-3-11(17)12(18)5-9;1-5-2-10(13)14-9-4-8(12)7(11)3-6(5)9/h2-6H,1H3;2-7,19H,1H3;2-4,11-12H,1H3. The Bertz CT molecular complexity index is 3110. The van der Waals surface area contributed by atoms with Crippen molar-refractivity contribution in [2.45, 2.75) is 20.8 Å². The Hall–Kier alpha value is -6.31. The highest BCUT2D eigenvalue weighted by Crippen LogP contribution is 2.49. The minimum atomic E-state index is -0.472. The highest BCUT2D eigenvalue weighted by Gasteiger charge is 2.22. The van der Waals surface area contributed by atoms with Crippen molar-refractivity contribution in [2.24, 2.45) is 0 Å². The number of ether oxygens (including phenoxy) is 3. The van der Waals surface area contributed by atoms with Crippen LogP contribution in [0.1, 0.15) is 16.7 Å². The second-order valence-corrected chi connectivity index (χ2v) is 14.4. The first-order valence-electron chi connectivity index (χ1n) is 16.8. The number of phenols is 3. The molecule has 0 fully saturated rings. The zero-order valence-corrected chi connectivity index (χ0v) is 33.1. The van der Waals surface area contributed by atoms with Crippen molar-refractivity contribution in [2.75, 3.05) is 0 Å². The van der Waals surface area contributed by atoms with Crippen LogP contribution in [-0.4, -0.2) is 15.3 Å². The summed E-state index contributed by atoms with van der Waals surface area (Å²) in [6.45, 7) is 5.33. The summed E-state index contributed by atoms with van der Waals surface area (Å²) < 4.78 is 32.3. The van der Waals surface area contributed by atoms with E-state index >= 15 is 0 Å². The summed E-state index contributed by atoms with van der Waals surface area (Å²) in [4.78, 5) is 33.9. The lowest BCUT2D eigenvalue weighted by atomic mass is 10.1. The summed E-state index contributed by atoms with van der Waals surface area (Å²) in [5.74, 6) is 1.87. The topological polar surface area (TPSA) is 179 Å². The Kier molecular flexibility index (Phi) is 10.9. The molecule has 5 aromatic carbocycles. The largest absolute Gasteiger partial charge is 0.504 e. The summed E-state index contributed by atoms with van der Waals surface area (Å²) >= 11 is 23.7. The van der Waals surface area contributed by atoms with Gasteiger partial charge < -0.3 is 42.8 Å². The maximum Gasteiger partial charge on any atom is 0.336 e. The highest BCUT2D eigenvalue weighted by atomic mass is 35.5. The molecule has 9 rings (SSSR count). The van der Waals surface area contributed by atoms with Gasteiger partial charge in [0.05, 0.1) is 20.1 Å². The quantitative estimate of drug-likeness (QED) is 0.111. The molecular formula is C42H26Cl4O12. The fourth-order valence-electron chi connectivity index (χ4n) is 5.82. The van der Waals surface area contributed by atoms with E-state index in [1.165, 1.54) is 48.5 Å². The molecule has 0 atom stereocenters. The van der Waals surface area contributed by atoms with Gasteiger partial charge in [0.2, 0.25) is 0 Å². The van der Waals surface area contributed by atoms with Gasteiger partial charge in [-0.15, -0.1) is 0 Å². The molecule has 58 heavy (non-hydrogen) atoms. The number of hydrogen-bond acceptors (Lipinski definition) is 12. The van der Waals surface area contributed by atoms with Crippen molar-refractivity contribution in [3.8, 4) is 51.7 Å². The molecule has 0 unspecified atom stereocenters. The minimum absolute atomic E-state index is 0.0736. The Morgan fingerprint density at radius 1 is 0.448 bits per heavy atom. The monoisotopic (exact) mass is 862 g/mol. The second-order valence-electron chi connectivity index (χ2n) is 12.8. The van der Waals surface area contributed by atoms with Gasteiger partial charge in [0, 0.05) is 70.8 Å². The second kappa shape index (κ2) is 15.9. The van der Waals surface area contributed by atoms with E-state index in [4.69, 9.17) is 73.9 Å². The zero-order valence-electron chi connectivity index (χ0n) is 30.1. The average molecular weight is 864 g/mol. The molecule has 0 radical (unpaired) electrons. The maximum absolute atomic E-state index is 11.5. The Labute approximate surface area is 346 Å². The van der Waals surface area contributed by atoms with Gasteiger partial charge in [-0.05, 0) is 67.8 Å². The number of rotatable bonds is 2. The Balaban J connectivity index is 0.000000136. The lowest BCUT2D eigenvalue weighted by Gasteiger charge is -2.21. The van der Waals surface area contributed by atoms with Gasteiger partial charge in [0.25, 0.3) is 0 Å². The van der Waals surface area contributed by atoms with Crippen molar-refractivity contribution >= 4 is 79.3 Å². The van der Waals surface area contributed by atoms with Gasteiger partial charge in [-0.1, -0.05) is 46.4 Å². The van der Waals surface area contributed by atoms with Crippen molar-refractivity contribution in [1.29, 1.82) is 0 Å². The number of benzene rings is 5. The highest BCUT2D eigenvalue weighted by molar-refractivity contribution is 6.42. The molecule has 3 N–H and O–H groups in total. The molecule has 16 heteroatoms. The first-order chi connectivity index (χ1) is 27.5. The summed E-state index contributed by atoms with van der Waals surface area (Å²) in [5.41, 5.74) is 1.92. The third kappa shape index (κ3) is 8.36. The molecule has 1 aliphatic rings. The molecule has 1 aliphatic heterocycles. The first-order valence-corrected chi connectivity index (χ1v) is 18.3. The minimum Gasteiger partial charge on any atom is -0.504 e. The van der Waals surface area contributed by atoms with Crippen LogP contribution in [0.25, 0.3) is 32.9 Å². The van der Waals surface area contributed by atoms with E-state index < -0.39 is 16.9 Å². The van der Waals surface area contributed by atoms with Crippen molar-refractivity contribution in [1.82, 2.24) is 0 Å². The molecule has 0 saturated heterocycles. The van der Waals surface area contributed by atoms with E-state index in [1.54, 1.807) is 50.2 Å². The first kappa shape index (κ1) is 39.9. The van der Waals surface area contributed by atoms with Crippen LogP contribution in [0.5, 0.6) is 51.7 Å². The van der Waals surface area contributed by atoms with Gasteiger partial charge in [0.15, 0.2) is 46.0 Å². The van der Waals surface area contributed by atoms with E-state index in [0.717, 1.165) is 10.9 Å². The maximum atomic E-state index is 11.5. The SMILES string of the molecule is Cc1cc(=O)oc2cc(O)c(O)cc12.Cc1cc(=O)oc2cc(Oc3ccc(Cl)c(Cl)c3)c(O)cc12.Cc1cc(=O)oc2cc3c(cc12)Oc1cc(Cl)c(Cl)cc1O3. The number of aryl methyl sites for hydroxylation is 3. The van der Waals surface area contributed by atoms with Crippen LogP contribution in [0.4, 0.5) is 0 Å². The molecule has 8 aromatic rings. The predicted molar refractivity (Wildman–Crippen MR) is 220 cm³/mol. The number of hydrogen-bond donors (Lipinski definition) is 3. The zero-order chi connectivity index (χ0) is 41.6. The Morgan fingerprint density at radius 2 is 0.862 bits per heavy atom. The molecule has 0 amide bonds. The fourth-order valence-corrected chi connectivity index (χ4v) is 6.41. The van der Waals surface area contributed by atoms with Gasteiger partial charge in [-0.3, -0.25) is 0 Å². The molecular weight excluding hydrogens is 838 g/mol. The van der Waals surface area contributed by atoms with Crippen LogP contribution in [0.15, 0.2) is 113 Å². The average Bonchev–Trinajstić information content (AvgIpc) is 3.14. The number of halogens is 4. The van der Waals surface area contributed by atoms with E-state index in [9.17, 15) is 29.7 Å². The molecule has 3 aromatic heterocycles.